The number of furan rings is 1. The van der Waals surface area contributed by atoms with Gasteiger partial charge < -0.3 is 4.42 Å². The minimum absolute atomic E-state index is 0.238. The number of carbonyl (C=O) groups excluding carboxylic acids is 1. The number of nitrogens with zero attached hydrogens (tertiary/aromatic N) is 3. The quantitative estimate of drug-likeness (QED) is 0.521. The second-order valence-corrected chi connectivity index (χ2v) is 8.41. The molecule has 0 bridgehead atoms. The van der Waals surface area contributed by atoms with E-state index < -0.39 is 0 Å². The summed E-state index contributed by atoms with van der Waals surface area (Å²) in [5.41, 5.74) is 2.97. The number of amides is 1. The van der Waals surface area contributed by atoms with Crippen molar-refractivity contribution in [3.05, 3.63) is 71.1 Å². The van der Waals surface area contributed by atoms with E-state index in [0.717, 1.165) is 30.6 Å². The Morgan fingerprint density at radius 1 is 1.24 bits per heavy atom. The highest BCUT2D eigenvalue weighted by Crippen LogP contribution is 2.32. The number of anilines is 1. The fourth-order valence-corrected chi connectivity index (χ4v) is 4.77. The summed E-state index contributed by atoms with van der Waals surface area (Å²) in [6.45, 7) is 2.26. The van der Waals surface area contributed by atoms with Gasteiger partial charge in [0.2, 0.25) is 0 Å². The van der Waals surface area contributed by atoms with Gasteiger partial charge >= 0.3 is 0 Å². The monoisotopic (exact) mass is 404 g/mol. The average Bonchev–Trinajstić information content (AvgIpc) is 3.47. The first-order valence-electron chi connectivity index (χ1n) is 9.66. The van der Waals surface area contributed by atoms with Crippen molar-refractivity contribution in [3.8, 4) is 17.1 Å². The van der Waals surface area contributed by atoms with Crippen molar-refractivity contribution in [2.24, 2.45) is 5.92 Å². The van der Waals surface area contributed by atoms with Crippen LogP contribution in [0.3, 0.4) is 0 Å². The Balaban J connectivity index is 1.49. The standard InChI is InChI=1S/C22H20N4O2S/c1-14-9-10-16-20(12-14)29-22(23-16)24-21(27)18-13-17(19-8-5-11-28-19)25-26(18)15-6-3-2-4-7-15/h2-8,11,13-14H,9-10,12H2,1H3,(H,23,24,27). The number of fused-ring (bicyclic) bond motifs is 1. The van der Waals surface area contributed by atoms with Crippen LogP contribution in [0.25, 0.3) is 17.1 Å². The maximum absolute atomic E-state index is 13.1. The number of rotatable bonds is 4. The van der Waals surface area contributed by atoms with E-state index in [0.29, 0.717) is 28.2 Å². The molecule has 0 radical (unpaired) electrons. The highest BCUT2D eigenvalue weighted by Gasteiger charge is 2.23. The number of aromatic nitrogens is 3. The molecule has 0 saturated heterocycles. The normalized spacial score (nSPS) is 15.8. The third kappa shape index (κ3) is 3.49. The van der Waals surface area contributed by atoms with Crippen LogP contribution in [0.2, 0.25) is 0 Å². The first kappa shape index (κ1) is 17.9. The predicted molar refractivity (Wildman–Crippen MR) is 113 cm³/mol. The smallest absolute Gasteiger partial charge is 0.276 e. The molecule has 6 nitrogen and oxygen atoms in total. The zero-order valence-corrected chi connectivity index (χ0v) is 16.8. The van der Waals surface area contributed by atoms with Gasteiger partial charge in [-0.15, -0.1) is 11.3 Å². The lowest BCUT2D eigenvalue weighted by Gasteiger charge is -2.15. The van der Waals surface area contributed by atoms with E-state index in [-0.39, 0.29) is 5.91 Å². The molecule has 4 aromatic rings. The molecule has 0 aliphatic heterocycles. The lowest BCUT2D eigenvalue weighted by Crippen LogP contribution is -2.17. The van der Waals surface area contributed by atoms with Crippen LogP contribution in [0.15, 0.2) is 59.2 Å². The highest BCUT2D eigenvalue weighted by molar-refractivity contribution is 7.15. The lowest BCUT2D eigenvalue weighted by atomic mass is 9.93. The van der Waals surface area contributed by atoms with Gasteiger partial charge in [-0.05, 0) is 49.4 Å². The number of hydrogen-bond donors (Lipinski definition) is 1. The van der Waals surface area contributed by atoms with E-state index in [2.05, 4.69) is 22.3 Å². The Labute approximate surface area is 172 Å². The number of thiazole rings is 1. The molecule has 146 valence electrons. The Hall–Kier alpha value is -3.19. The number of hydrogen-bond acceptors (Lipinski definition) is 5. The summed E-state index contributed by atoms with van der Waals surface area (Å²) in [4.78, 5) is 19.1. The van der Waals surface area contributed by atoms with E-state index in [1.165, 1.54) is 4.88 Å². The van der Waals surface area contributed by atoms with E-state index in [4.69, 9.17) is 4.42 Å². The molecule has 1 aromatic carbocycles. The van der Waals surface area contributed by atoms with Crippen LogP contribution in [0, 0.1) is 5.92 Å². The van der Waals surface area contributed by atoms with E-state index in [1.54, 1.807) is 34.4 Å². The summed E-state index contributed by atoms with van der Waals surface area (Å²) in [5, 5.41) is 8.23. The fraction of sp³-hybridized carbons (Fsp3) is 0.227. The maximum Gasteiger partial charge on any atom is 0.276 e. The summed E-state index contributed by atoms with van der Waals surface area (Å²) in [5.74, 6) is 1.05. The summed E-state index contributed by atoms with van der Waals surface area (Å²) in [7, 11) is 0. The van der Waals surface area contributed by atoms with Gasteiger partial charge in [-0.1, -0.05) is 25.1 Å². The largest absolute Gasteiger partial charge is 0.463 e. The number of aryl methyl sites for hydroxylation is 1. The first-order valence-corrected chi connectivity index (χ1v) is 10.5. The molecule has 0 saturated carbocycles. The molecule has 3 heterocycles. The third-order valence-corrected chi connectivity index (χ3v) is 6.16. The van der Waals surface area contributed by atoms with Crippen molar-refractivity contribution in [1.82, 2.24) is 14.8 Å². The third-order valence-electron chi connectivity index (χ3n) is 5.12. The zero-order chi connectivity index (χ0) is 19.8. The van der Waals surface area contributed by atoms with Crippen molar-refractivity contribution in [1.29, 1.82) is 0 Å². The molecular formula is C22H20N4O2S. The molecule has 1 aliphatic rings. The zero-order valence-electron chi connectivity index (χ0n) is 16.0. The van der Waals surface area contributed by atoms with Crippen molar-refractivity contribution in [3.63, 3.8) is 0 Å². The van der Waals surface area contributed by atoms with Crippen molar-refractivity contribution in [2.45, 2.75) is 26.2 Å². The van der Waals surface area contributed by atoms with E-state index in [9.17, 15) is 4.79 Å². The molecule has 1 amide bonds. The number of nitrogens with one attached hydrogen (secondary N) is 1. The van der Waals surface area contributed by atoms with Gasteiger partial charge in [-0.25, -0.2) is 9.67 Å². The average molecular weight is 404 g/mol. The minimum Gasteiger partial charge on any atom is -0.463 e. The van der Waals surface area contributed by atoms with Gasteiger partial charge in [0.15, 0.2) is 10.9 Å². The molecule has 1 N–H and O–H groups in total. The van der Waals surface area contributed by atoms with Gasteiger partial charge in [0.25, 0.3) is 5.91 Å². The van der Waals surface area contributed by atoms with Crippen LogP contribution >= 0.6 is 11.3 Å². The molecule has 1 atom stereocenters. The molecule has 29 heavy (non-hydrogen) atoms. The second kappa shape index (κ2) is 7.33. The Morgan fingerprint density at radius 2 is 2.10 bits per heavy atom. The van der Waals surface area contributed by atoms with Crippen molar-refractivity contribution in [2.75, 3.05) is 5.32 Å². The molecule has 7 heteroatoms. The van der Waals surface area contributed by atoms with Gasteiger partial charge in [0, 0.05) is 10.9 Å². The van der Waals surface area contributed by atoms with Gasteiger partial charge in [-0.2, -0.15) is 5.10 Å². The van der Waals surface area contributed by atoms with Gasteiger partial charge in [-0.3, -0.25) is 10.1 Å². The second-order valence-electron chi connectivity index (χ2n) is 7.33. The SMILES string of the molecule is CC1CCc2nc(NC(=O)c3cc(-c4ccco4)nn3-c3ccccc3)sc2C1. The molecule has 1 unspecified atom stereocenters. The van der Waals surface area contributed by atoms with E-state index in [1.807, 2.05) is 36.4 Å². The maximum atomic E-state index is 13.1. The van der Waals surface area contributed by atoms with Gasteiger partial charge in [0.05, 0.1) is 17.6 Å². The topological polar surface area (TPSA) is 73.0 Å². The summed E-state index contributed by atoms with van der Waals surface area (Å²) in [6.07, 6.45) is 4.76. The van der Waals surface area contributed by atoms with Crippen LogP contribution in [0.5, 0.6) is 0 Å². The van der Waals surface area contributed by atoms with E-state index >= 15 is 0 Å². The number of para-hydroxylation sites is 1. The molecule has 1 aliphatic carbocycles. The molecular weight excluding hydrogens is 384 g/mol. The van der Waals surface area contributed by atoms with Gasteiger partial charge in [0.1, 0.15) is 11.4 Å². The molecule has 5 rings (SSSR count). The predicted octanol–water partition coefficient (Wildman–Crippen LogP) is 4.97. The minimum atomic E-state index is -0.238. The molecule has 0 fully saturated rings. The Kier molecular flexibility index (Phi) is 4.52. The Morgan fingerprint density at radius 3 is 2.90 bits per heavy atom. The number of carbonyl (C=O) groups is 1. The Bertz CT molecular complexity index is 1150. The van der Waals surface area contributed by atoms with Crippen LogP contribution in [-0.2, 0) is 12.8 Å². The lowest BCUT2D eigenvalue weighted by molar-refractivity contribution is 0.101. The number of benzene rings is 1. The summed E-state index contributed by atoms with van der Waals surface area (Å²) in [6, 6.07) is 15.0. The molecule has 3 aromatic heterocycles. The fourth-order valence-electron chi connectivity index (χ4n) is 3.61. The van der Waals surface area contributed by atoms with Crippen molar-refractivity contribution < 1.29 is 9.21 Å². The molecule has 0 spiro atoms. The summed E-state index contributed by atoms with van der Waals surface area (Å²) < 4.78 is 7.11. The van der Waals surface area contributed by atoms with Crippen LogP contribution < -0.4 is 5.32 Å². The first-order chi connectivity index (χ1) is 14.2. The van der Waals surface area contributed by atoms with Crippen LogP contribution in [-0.4, -0.2) is 20.7 Å². The highest BCUT2D eigenvalue weighted by atomic mass is 32.1. The summed E-state index contributed by atoms with van der Waals surface area (Å²) >= 11 is 1.58. The van der Waals surface area contributed by atoms with Crippen LogP contribution in [0.1, 0.15) is 34.4 Å². The van der Waals surface area contributed by atoms with Crippen LogP contribution in [0.4, 0.5) is 5.13 Å². The van der Waals surface area contributed by atoms with Crippen molar-refractivity contribution >= 4 is 22.4 Å².